The number of hydrogen-bond acceptors (Lipinski definition) is 4. The number of alkyl halides is 3. The normalized spacial score (nSPS) is 15.3. The Bertz CT molecular complexity index is 1280. The molecule has 0 saturated heterocycles. The number of hydrogen-bond donors (Lipinski definition) is 1. The van der Waals surface area contributed by atoms with Crippen molar-refractivity contribution in [2.24, 2.45) is 0 Å². The molecule has 1 atom stereocenters. The second-order valence-electron chi connectivity index (χ2n) is 10.2. The van der Waals surface area contributed by atoms with E-state index in [4.69, 9.17) is 0 Å². The lowest BCUT2D eigenvalue weighted by Crippen LogP contribution is -2.50. The maximum atomic E-state index is 13.4. The predicted molar refractivity (Wildman–Crippen MR) is 152 cm³/mol. The van der Waals surface area contributed by atoms with Crippen LogP contribution in [-0.4, -0.2) is 50.0 Å². The first-order chi connectivity index (χ1) is 18.8. The molecule has 0 heterocycles. The Hall–Kier alpha value is -2.60. The van der Waals surface area contributed by atoms with Crippen LogP contribution in [0, 0.1) is 0 Å². The second kappa shape index (κ2) is 13.8. The summed E-state index contributed by atoms with van der Waals surface area (Å²) in [6.07, 6.45) is 1.26. The van der Waals surface area contributed by atoms with Crippen LogP contribution >= 0.6 is 15.9 Å². The molecule has 1 fully saturated rings. The highest BCUT2D eigenvalue weighted by Gasteiger charge is 2.32. The lowest BCUT2D eigenvalue weighted by atomic mass is 9.95. The maximum Gasteiger partial charge on any atom is 0.416 e. The smallest absolute Gasteiger partial charge is 0.352 e. The minimum atomic E-state index is -4.63. The molecule has 2 aromatic rings. The molecule has 1 saturated carbocycles. The van der Waals surface area contributed by atoms with Crippen LogP contribution in [-0.2, 0) is 32.3 Å². The molecule has 1 N–H and O–H groups in total. The lowest BCUT2D eigenvalue weighted by Gasteiger charge is -2.31. The van der Waals surface area contributed by atoms with Gasteiger partial charge in [-0.15, -0.1) is 0 Å². The number of rotatable bonds is 11. The van der Waals surface area contributed by atoms with Crippen LogP contribution in [0.1, 0.15) is 63.0 Å². The molecular formula is C28H35BrF3N3O4S. The van der Waals surface area contributed by atoms with Crippen LogP contribution < -0.4 is 9.62 Å². The van der Waals surface area contributed by atoms with Gasteiger partial charge in [0.1, 0.15) is 6.04 Å². The fraction of sp³-hybridized carbons (Fsp3) is 0.500. The van der Waals surface area contributed by atoms with Crippen molar-refractivity contribution in [2.45, 2.75) is 76.7 Å². The third-order valence-electron chi connectivity index (χ3n) is 6.97. The molecule has 0 aliphatic heterocycles. The van der Waals surface area contributed by atoms with Gasteiger partial charge in [0, 0.05) is 30.0 Å². The molecule has 12 heteroatoms. The lowest BCUT2D eigenvalue weighted by molar-refractivity contribution is -0.141. The van der Waals surface area contributed by atoms with E-state index in [2.05, 4.69) is 21.2 Å². The predicted octanol–water partition coefficient (Wildman–Crippen LogP) is 5.88. The van der Waals surface area contributed by atoms with E-state index in [1.54, 1.807) is 6.92 Å². The van der Waals surface area contributed by atoms with Crippen molar-refractivity contribution in [3.8, 4) is 0 Å². The molecule has 1 aliphatic carbocycles. The van der Waals surface area contributed by atoms with Gasteiger partial charge in [-0.2, -0.15) is 13.2 Å². The van der Waals surface area contributed by atoms with Gasteiger partial charge in [0.05, 0.1) is 17.5 Å². The fourth-order valence-electron chi connectivity index (χ4n) is 4.82. The Morgan fingerprint density at radius 3 is 2.38 bits per heavy atom. The highest BCUT2D eigenvalue weighted by Crippen LogP contribution is 2.32. The van der Waals surface area contributed by atoms with Crippen molar-refractivity contribution in [3.63, 3.8) is 0 Å². The van der Waals surface area contributed by atoms with Crippen molar-refractivity contribution >= 4 is 43.5 Å². The zero-order valence-corrected chi connectivity index (χ0v) is 25.0. The number of carbonyl (C=O) groups is 2. The van der Waals surface area contributed by atoms with Gasteiger partial charge < -0.3 is 10.2 Å². The minimum absolute atomic E-state index is 0.0497. The summed E-state index contributed by atoms with van der Waals surface area (Å²) in [7, 11) is -3.93. The van der Waals surface area contributed by atoms with Crippen molar-refractivity contribution in [1.82, 2.24) is 10.2 Å². The zero-order valence-electron chi connectivity index (χ0n) is 22.6. The van der Waals surface area contributed by atoms with Gasteiger partial charge in [-0.3, -0.25) is 13.9 Å². The number of amides is 2. The van der Waals surface area contributed by atoms with Crippen molar-refractivity contribution in [3.05, 3.63) is 64.1 Å². The van der Waals surface area contributed by atoms with Crippen LogP contribution in [0.3, 0.4) is 0 Å². The van der Waals surface area contributed by atoms with Crippen LogP contribution in [0.25, 0.3) is 0 Å². The van der Waals surface area contributed by atoms with Crippen molar-refractivity contribution in [1.29, 1.82) is 0 Å². The third kappa shape index (κ3) is 9.22. The largest absolute Gasteiger partial charge is 0.416 e. The molecule has 1 unspecified atom stereocenters. The molecule has 220 valence electrons. The SMILES string of the molecule is CC(C(=O)NC1CCCCC1)N(Cc1cccc(Br)c1)C(=O)CCCN(c1cccc(C(F)(F)F)c1)S(C)(=O)=O. The first-order valence-corrected chi connectivity index (χ1v) is 15.9. The first kappa shape index (κ1) is 31.9. The number of anilines is 1. The maximum absolute atomic E-state index is 13.4. The highest BCUT2D eigenvalue weighted by molar-refractivity contribution is 9.10. The van der Waals surface area contributed by atoms with Crippen LogP contribution in [0.5, 0.6) is 0 Å². The van der Waals surface area contributed by atoms with Gasteiger partial charge >= 0.3 is 6.18 Å². The molecule has 0 radical (unpaired) electrons. The highest BCUT2D eigenvalue weighted by atomic mass is 79.9. The van der Waals surface area contributed by atoms with E-state index < -0.39 is 27.8 Å². The Labute approximate surface area is 242 Å². The summed E-state index contributed by atoms with van der Waals surface area (Å²) in [5, 5.41) is 3.06. The van der Waals surface area contributed by atoms with E-state index >= 15 is 0 Å². The average molecular weight is 647 g/mol. The standard InChI is InChI=1S/C28H35BrF3N3O4S/c1-20(27(37)33-24-12-4-3-5-13-24)34(19-21-9-6-11-23(29)17-21)26(36)15-8-16-35(40(2,38)39)25-14-7-10-22(18-25)28(30,31)32/h6-7,9-11,14,17-18,20,24H,3-5,8,12-13,15-16,19H2,1-2H3,(H,33,37). The Kier molecular flexibility index (Phi) is 11.0. The number of sulfonamides is 1. The van der Waals surface area contributed by atoms with Crippen molar-refractivity contribution < 1.29 is 31.2 Å². The number of carbonyl (C=O) groups excluding carboxylic acids is 2. The quantitative estimate of drug-likeness (QED) is 0.331. The number of nitrogens with one attached hydrogen (secondary N) is 1. The summed E-state index contributed by atoms with van der Waals surface area (Å²) in [6.45, 7) is 1.64. The zero-order chi connectivity index (χ0) is 29.5. The fourth-order valence-corrected chi connectivity index (χ4v) is 6.23. The van der Waals surface area contributed by atoms with E-state index in [-0.39, 0.29) is 49.5 Å². The molecule has 1 aliphatic rings. The number of halogens is 4. The molecule has 0 spiro atoms. The molecule has 2 aromatic carbocycles. The van der Waals surface area contributed by atoms with Crippen LogP contribution in [0.15, 0.2) is 53.0 Å². The van der Waals surface area contributed by atoms with Gasteiger partial charge in [0.25, 0.3) is 0 Å². The topological polar surface area (TPSA) is 86.8 Å². The number of nitrogens with zero attached hydrogens (tertiary/aromatic N) is 2. The average Bonchev–Trinajstić information content (AvgIpc) is 2.88. The summed E-state index contributed by atoms with van der Waals surface area (Å²) in [5.41, 5.74) is -0.287. The van der Waals surface area contributed by atoms with E-state index in [0.29, 0.717) is 0 Å². The molecule has 3 rings (SSSR count). The van der Waals surface area contributed by atoms with E-state index in [0.717, 1.165) is 70.9 Å². The Morgan fingerprint density at radius 2 is 1.75 bits per heavy atom. The second-order valence-corrected chi connectivity index (χ2v) is 13.0. The minimum Gasteiger partial charge on any atom is -0.352 e. The van der Waals surface area contributed by atoms with Crippen LogP contribution in [0.2, 0.25) is 0 Å². The Morgan fingerprint density at radius 1 is 1.07 bits per heavy atom. The van der Waals surface area contributed by atoms with Gasteiger partial charge in [-0.05, 0) is 62.1 Å². The van der Waals surface area contributed by atoms with E-state index in [1.165, 1.54) is 11.0 Å². The molecule has 7 nitrogen and oxygen atoms in total. The summed E-state index contributed by atoms with van der Waals surface area (Å²) in [4.78, 5) is 28.0. The van der Waals surface area contributed by atoms with E-state index in [9.17, 15) is 31.2 Å². The summed E-state index contributed by atoms with van der Waals surface area (Å²) >= 11 is 3.42. The van der Waals surface area contributed by atoms with Crippen molar-refractivity contribution in [2.75, 3.05) is 17.1 Å². The molecular weight excluding hydrogens is 611 g/mol. The summed E-state index contributed by atoms with van der Waals surface area (Å²) < 4.78 is 66.2. The molecule has 2 amide bonds. The van der Waals surface area contributed by atoms with Gasteiger partial charge in [0.2, 0.25) is 21.8 Å². The Balaban J connectivity index is 1.74. The molecule has 0 aromatic heterocycles. The van der Waals surface area contributed by atoms with Crippen LogP contribution in [0.4, 0.5) is 18.9 Å². The third-order valence-corrected chi connectivity index (χ3v) is 8.66. The van der Waals surface area contributed by atoms with E-state index in [1.807, 2.05) is 24.3 Å². The first-order valence-electron chi connectivity index (χ1n) is 13.2. The summed E-state index contributed by atoms with van der Waals surface area (Å²) in [5.74, 6) is -0.610. The number of benzene rings is 2. The summed E-state index contributed by atoms with van der Waals surface area (Å²) in [6, 6.07) is 10.7. The van der Waals surface area contributed by atoms with Gasteiger partial charge in [-0.25, -0.2) is 8.42 Å². The van der Waals surface area contributed by atoms with Gasteiger partial charge in [0.15, 0.2) is 0 Å². The molecule has 0 bridgehead atoms. The monoisotopic (exact) mass is 645 g/mol. The molecule has 40 heavy (non-hydrogen) atoms. The van der Waals surface area contributed by atoms with Gasteiger partial charge in [-0.1, -0.05) is 53.4 Å².